The number of nitrogens with zero attached hydrogens (tertiary/aromatic N) is 2. The largest absolute Gasteiger partial charge is 0.378 e. The van der Waals surface area contributed by atoms with Crippen LogP contribution < -0.4 is 10.2 Å². The first-order chi connectivity index (χ1) is 11.6. The van der Waals surface area contributed by atoms with E-state index in [1.165, 1.54) is 0 Å². The van der Waals surface area contributed by atoms with Crippen molar-refractivity contribution in [3.05, 3.63) is 57.7 Å². The van der Waals surface area contributed by atoms with E-state index in [9.17, 15) is 4.79 Å². The van der Waals surface area contributed by atoms with Crippen molar-refractivity contribution in [3.63, 3.8) is 0 Å². The molecule has 0 spiro atoms. The highest BCUT2D eigenvalue weighted by Gasteiger charge is 2.13. The molecule has 0 saturated carbocycles. The third kappa shape index (κ3) is 4.17. The summed E-state index contributed by atoms with van der Waals surface area (Å²) < 4.78 is 5.35. The molecule has 5 nitrogen and oxygen atoms in total. The molecular weight excluding hydrogens is 349 g/mol. The smallest absolute Gasteiger partial charge is 0.251 e. The number of hydrogen-bond acceptors (Lipinski definition) is 4. The van der Waals surface area contributed by atoms with Crippen molar-refractivity contribution in [3.8, 4) is 0 Å². The average Bonchev–Trinajstić information content (AvgIpc) is 2.63. The molecule has 126 valence electrons. The quantitative estimate of drug-likeness (QED) is 0.903. The Morgan fingerprint density at radius 1 is 1.17 bits per heavy atom. The Morgan fingerprint density at radius 2 is 1.96 bits per heavy atom. The highest BCUT2D eigenvalue weighted by atomic mass is 35.5. The number of halogens is 2. The molecule has 0 atom stereocenters. The number of amides is 1. The van der Waals surface area contributed by atoms with Gasteiger partial charge in [-0.25, -0.2) is 4.98 Å². The molecule has 1 N–H and O–H groups in total. The van der Waals surface area contributed by atoms with E-state index >= 15 is 0 Å². The number of ether oxygens (including phenoxy) is 1. The fourth-order valence-corrected chi connectivity index (χ4v) is 2.76. The first-order valence-corrected chi connectivity index (χ1v) is 8.40. The second kappa shape index (κ2) is 7.83. The number of morpholine rings is 1. The number of carbonyl (C=O) groups is 1. The predicted molar refractivity (Wildman–Crippen MR) is 94.9 cm³/mol. The van der Waals surface area contributed by atoms with Gasteiger partial charge in [0.25, 0.3) is 5.91 Å². The van der Waals surface area contributed by atoms with E-state index in [0.29, 0.717) is 35.4 Å². The monoisotopic (exact) mass is 365 g/mol. The lowest BCUT2D eigenvalue weighted by molar-refractivity contribution is 0.0951. The van der Waals surface area contributed by atoms with Gasteiger partial charge >= 0.3 is 0 Å². The highest BCUT2D eigenvalue weighted by molar-refractivity contribution is 6.42. The van der Waals surface area contributed by atoms with Crippen molar-refractivity contribution < 1.29 is 9.53 Å². The van der Waals surface area contributed by atoms with Crippen LogP contribution in [0.15, 0.2) is 36.5 Å². The van der Waals surface area contributed by atoms with Gasteiger partial charge in [-0.05, 0) is 35.9 Å². The molecule has 0 aliphatic carbocycles. The van der Waals surface area contributed by atoms with Crippen LogP contribution in [0.2, 0.25) is 10.0 Å². The summed E-state index contributed by atoms with van der Waals surface area (Å²) in [5, 5.41) is 3.67. The van der Waals surface area contributed by atoms with E-state index in [2.05, 4.69) is 15.2 Å². The summed E-state index contributed by atoms with van der Waals surface area (Å²) in [6.07, 6.45) is 1.76. The molecule has 1 aromatic carbocycles. The van der Waals surface area contributed by atoms with E-state index in [-0.39, 0.29) is 5.91 Å². The Bertz CT molecular complexity index is 734. The Kier molecular flexibility index (Phi) is 5.56. The molecule has 1 amide bonds. The van der Waals surface area contributed by atoms with E-state index < -0.39 is 0 Å². The van der Waals surface area contributed by atoms with Gasteiger partial charge in [0.05, 0.1) is 23.3 Å². The molecule has 0 radical (unpaired) electrons. The number of hydrogen-bond donors (Lipinski definition) is 1. The fraction of sp³-hybridized carbons (Fsp3) is 0.294. The van der Waals surface area contributed by atoms with Gasteiger partial charge in [-0.2, -0.15) is 0 Å². The lowest BCUT2D eigenvalue weighted by Gasteiger charge is -2.28. The minimum absolute atomic E-state index is 0.196. The Morgan fingerprint density at radius 3 is 2.71 bits per heavy atom. The molecule has 0 unspecified atom stereocenters. The Hall–Kier alpha value is -1.82. The molecule has 3 rings (SSSR count). The van der Waals surface area contributed by atoms with E-state index in [0.717, 1.165) is 24.5 Å². The summed E-state index contributed by atoms with van der Waals surface area (Å²) >= 11 is 11.8. The Labute approximate surface area is 150 Å². The zero-order valence-corrected chi connectivity index (χ0v) is 14.5. The molecule has 24 heavy (non-hydrogen) atoms. The standard InChI is InChI=1S/C17H17Cl2N3O2/c18-14-2-1-13(10-15(14)19)17(23)21-11-12-3-4-20-16(9-12)22-5-7-24-8-6-22/h1-4,9-10H,5-8,11H2,(H,21,23). The summed E-state index contributed by atoms with van der Waals surface area (Å²) in [6.45, 7) is 3.48. The molecule has 1 fully saturated rings. The van der Waals surface area contributed by atoms with Gasteiger partial charge in [-0.3, -0.25) is 4.79 Å². The van der Waals surface area contributed by atoms with Gasteiger partial charge in [0, 0.05) is 31.4 Å². The summed E-state index contributed by atoms with van der Waals surface area (Å²) in [5.74, 6) is 0.706. The summed E-state index contributed by atoms with van der Waals surface area (Å²) in [6, 6.07) is 8.70. The number of benzene rings is 1. The van der Waals surface area contributed by atoms with Gasteiger partial charge in [0.15, 0.2) is 0 Å². The van der Waals surface area contributed by atoms with Gasteiger partial charge < -0.3 is 15.0 Å². The van der Waals surface area contributed by atoms with Crippen LogP contribution in [0.1, 0.15) is 15.9 Å². The van der Waals surface area contributed by atoms with Crippen molar-refractivity contribution in [2.24, 2.45) is 0 Å². The number of carbonyl (C=O) groups excluding carboxylic acids is 1. The maximum Gasteiger partial charge on any atom is 0.251 e. The van der Waals surface area contributed by atoms with Crippen LogP contribution in [0.3, 0.4) is 0 Å². The molecule has 1 aliphatic heterocycles. The van der Waals surface area contributed by atoms with Crippen molar-refractivity contribution in [2.75, 3.05) is 31.2 Å². The van der Waals surface area contributed by atoms with Crippen molar-refractivity contribution >= 4 is 34.9 Å². The van der Waals surface area contributed by atoms with Crippen LogP contribution in [0, 0.1) is 0 Å². The van der Waals surface area contributed by atoms with E-state index in [1.54, 1.807) is 24.4 Å². The SMILES string of the molecule is O=C(NCc1ccnc(N2CCOCC2)c1)c1ccc(Cl)c(Cl)c1. The van der Waals surface area contributed by atoms with Crippen molar-refractivity contribution in [1.82, 2.24) is 10.3 Å². The molecular formula is C17H17Cl2N3O2. The van der Waals surface area contributed by atoms with Gasteiger partial charge in [0.2, 0.25) is 0 Å². The molecule has 2 aromatic rings. The lowest BCUT2D eigenvalue weighted by atomic mass is 10.2. The third-order valence-electron chi connectivity index (χ3n) is 3.78. The Balaban J connectivity index is 1.63. The molecule has 1 aromatic heterocycles. The number of rotatable bonds is 4. The predicted octanol–water partition coefficient (Wildman–Crippen LogP) is 3.16. The minimum atomic E-state index is -0.196. The van der Waals surface area contributed by atoms with E-state index in [1.807, 2.05) is 12.1 Å². The normalized spacial score (nSPS) is 14.5. The lowest BCUT2D eigenvalue weighted by Crippen LogP contribution is -2.36. The maximum absolute atomic E-state index is 12.2. The molecule has 0 bridgehead atoms. The maximum atomic E-state index is 12.2. The first kappa shape index (κ1) is 17.0. The molecule has 1 aliphatic rings. The van der Waals surface area contributed by atoms with Crippen LogP contribution in [0.25, 0.3) is 0 Å². The fourth-order valence-electron chi connectivity index (χ4n) is 2.46. The van der Waals surface area contributed by atoms with Crippen LogP contribution in [-0.2, 0) is 11.3 Å². The van der Waals surface area contributed by atoms with E-state index in [4.69, 9.17) is 27.9 Å². The second-order valence-corrected chi connectivity index (χ2v) is 6.25. The van der Waals surface area contributed by atoms with Gasteiger partial charge in [-0.1, -0.05) is 23.2 Å². The number of pyridine rings is 1. The van der Waals surface area contributed by atoms with Crippen molar-refractivity contribution in [2.45, 2.75) is 6.54 Å². The summed E-state index contributed by atoms with van der Waals surface area (Å²) in [5.41, 5.74) is 1.46. The molecule has 2 heterocycles. The average molecular weight is 366 g/mol. The van der Waals surface area contributed by atoms with Crippen LogP contribution >= 0.6 is 23.2 Å². The zero-order valence-electron chi connectivity index (χ0n) is 13.0. The topological polar surface area (TPSA) is 54.5 Å². The summed E-state index contributed by atoms with van der Waals surface area (Å²) in [4.78, 5) is 18.8. The highest BCUT2D eigenvalue weighted by Crippen LogP contribution is 2.22. The molecule has 7 heteroatoms. The van der Waals surface area contributed by atoms with Crippen molar-refractivity contribution in [1.29, 1.82) is 0 Å². The van der Waals surface area contributed by atoms with Crippen LogP contribution in [0.4, 0.5) is 5.82 Å². The zero-order chi connectivity index (χ0) is 16.9. The number of aromatic nitrogens is 1. The van der Waals surface area contributed by atoms with Crippen LogP contribution in [0.5, 0.6) is 0 Å². The first-order valence-electron chi connectivity index (χ1n) is 7.64. The number of anilines is 1. The number of nitrogens with one attached hydrogen (secondary N) is 1. The van der Waals surface area contributed by atoms with Gasteiger partial charge in [0.1, 0.15) is 5.82 Å². The second-order valence-electron chi connectivity index (χ2n) is 5.43. The third-order valence-corrected chi connectivity index (χ3v) is 4.52. The summed E-state index contributed by atoms with van der Waals surface area (Å²) in [7, 11) is 0. The molecule has 1 saturated heterocycles. The minimum Gasteiger partial charge on any atom is -0.378 e. The van der Waals surface area contributed by atoms with Crippen LogP contribution in [-0.4, -0.2) is 37.2 Å². The van der Waals surface area contributed by atoms with Gasteiger partial charge in [-0.15, -0.1) is 0 Å².